The summed E-state index contributed by atoms with van der Waals surface area (Å²) in [5, 5.41) is 10.1. The maximum atomic E-state index is 13.2. The third-order valence-corrected chi connectivity index (χ3v) is 6.00. The number of carbonyl (C=O) groups is 2. The van der Waals surface area contributed by atoms with Crippen LogP contribution in [0.5, 0.6) is 0 Å². The molecule has 8 heteroatoms. The molecule has 1 aromatic heterocycles. The molecule has 2 aromatic carbocycles. The number of anilines is 1. The number of rotatable bonds is 6. The van der Waals surface area contributed by atoms with E-state index in [4.69, 9.17) is 5.73 Å². The van der Waals surface area contributed by atoms with E-state index >= 15 is 0 Å². The first-order chi connectivity index (χ1) is 15.5. The molecule has 1 saturated heterocycles. The van der Waals surface area contributed by atoms with Gasteiger partial charge >= 0.3 is 0 Å². The van der Waals surface area contributed by atoms with Crippen molar-refractivity contribution in [2.45, 2.75) is 26.2 Å². The molecule has 4 rings (SSSR count). The molecule has 0 bridgehead atoms. The first-order valence-electron chi connectivity index (χ1n) is 10.8. The van der Waals surface area contributed by atoms with Gasteiger partial charge < -0.3 is 16.0 Å². The second-order valence-electron chi connectivity index (χ2n) is 8.21. The molecule has 1 fully saturated rings. The Hall–Kier alpha value is -3.68. The molecule has 0 unspecified atom stereocenters. The van der Waals surface area contributed by atoms with Gasteiger partial charge in [0.15, 0.2) is 0 Å². The quantitative estimate of drug-likeness (QED) is 0.618. The van der Waals surface area contributed by atoms with Crippen molar-refractivity contribution in [2.24, 2.45) is 5.41 Å². The Morgan fingerprint density at radius 3 is 2.47 bits per heavy atom. The van der Waals surface area contributed by atoms with E-state index in [0.29, 0.717) is 32.4 Å². The van der Waals surface area contributed by atoms with Gasteiger partial charge in [-0.25, -0.2) is 4.63 Å². The number of hydrogen-bond acceptors (Lipinski definition) is 6. The molecule has 3 N–H and O–H groups in total. The van der Waals surface area contributed by atoms with Crippen molar-refractivity contribution in [3.63, 3.8) is 0 Å². The lowest BCUT2D eigenvalue weighted by molar-refractivity contribution is -0.133. The number of aromatic nitrogens is 2. The number of benzene rings is 2. The molecular formula is C24H27N5O3. The van der Waals surface area contributed by atoms with Gasteiger partial charge in [0.1, 0.15) is 0 Å². The van der Waals surface area contributed by atoms with Gasteiger partial charge in [-0.05, 0) is 53.2 Å². The first-order valence-corrected chi connectivity index (χ1v) is 10.8. The summed E-state index contributed by atoms with van der Waals surface area (Å²) in [6.45, 7) is 3.24. The summed E-state index contributed by atoms with van der Waals surface area (Å²) in [4.78, 5) is 27.8. The van der Waals surface area contributed by atoms with E-state index in [9.17, 15) is 9.59 Å². The Bertz CT molecular complexity index is 1080. The highest BCUT2D eigenvalue weighted by atomic mass is 16.6. The van der Waals surface area contributed by atoms with Crippen LogP contribution in [0, 0.1) is 5.41 Å². The maximum absolute atomic E-state index is 13.2. The van der Waals surface area contributed by atoms with Crippen molar-refractivity contribution in [1.29, 1.82) is 0 Å². The summed E-state index contributed by atoms with van der Waals surface area (Å²) in [6, 6.07) is 18.4. The van der Waals surface area contributed by atoms with Gasteiger partial charge in [-0.3, -0.25) is 9.59 Å². The summed E-state index contributed by atoms with van der Waals surface area (Å²) in [5.41, 5.74) is 8.29. The lowest BCUT2D eigenvalue weighted by Crippen LogP contribution is -2.54. The zero-order valence-corrected chi connectivity index (χ0v) is 18.1. The number of likely N-dealkylation sites (tertiary alicyclic amines) is 1. The molecule has 0 aliphatic carbocycles. The topological polar surface area (TPSA) is 114 Å². The summed E-state index contributed by atoms with van der Waals surface area (Å²) in [6.07, 6.45) is 1.93. The molecule has 1 aliphatic rings. The zero-order chi connectivity index (χ0) is 22.6. The third-order valence-electron chi connectivity index (χ3n) is 6.00. The Morgan fingerprint density at radius 2 is 1.81 bits per heavy atom. The number of piperidine rings is 1. The third kappa shape index (κ3) is 4.34. The van der Waals surface area contributed by atoms with Crippen molar-refractivity contribution < 1.29 is 14.2 Å². The lowest BCUT2D eigenvalue weighted by atomic mass is 9.74. The van der Waals surface area contributed by atoms with E-state index in [1.54, 1.807) is 4.90 Å². The van der Waals surface area contributed by atoms with Gasteiger partial charge in [-0.1, -0.05) is 54.6 Å². The van der Waals surface area contributed by atoms with E-state index in [-0.39, 0.29) is 29.9 Å². The average molecular weight is 434 g/mol. The number of nitrogen functional groups attached to an aromatic ring is 1. The fraction of sp³-hybridized carbons (Fsp3) is 0.333. The molecule has 1 atom stereocenters. The van der Waals surface area contributed by atoms with Crippen molar-refractivity contribution in [1.82, 2.24) is 20.5 Å². The minimum atomic E-state index is -0.732. The molecule has 2 heterocycles. The van der Waals surface area contributed by atoms with Gasteiger partial charge in [0.25, 0.3) is 5.91 Å². The Labute approximate surface area is 186 Å². The minimum Gasteiger partial charge on any atom is -0.379 e. The predicted octanol–water partition coefficient (Wildman–Crippen LogP) is 2.92. The Balaban J connectivity index is 1.58. The standard InChI is InChI=1S/C24H27N5O3/c1-2-26-23(31)24(13-6-14-29(16-24)22(30)20-21(25)28-32-27-20)15-17-9-11-19(12-10-17)18-7-4-3-5-8-18/h3-5,7-12H,2,6,13-16H2,1H3,(H2,25,28)(H,26,31)/t24-/m1/s1. The molecule has 1 aliphatic heterocycles. The number of carbonyl (C=O) groups excluding carboxylic acids is 2. The molecule has 32 heavy (non-hydrogen) atoms. The molecule has 2 amide bonds. The van der Waals surface area contributed by atoms with E-state index in [1.807, 2.05) is 25.1 Å². The number of nitrogens with zero attached hydrogens (tertiary/aromatic N) is 3. The second-order valence-corrected chi connectivity index (χ2v) is 8.21. The second kappa shape index (κ2) is 9.21. The van der Waals surface area contributed by atoms with Crippen LogP contribution in [-0.4, -0.2) is 46.7 Å². The molecule has 8 nitrogen and oxygen atoms in total. The fourth-order valence-electron chi connectivity index (χ4n) is 4.39. The van der Waals surface area contributed by atoms with Crippen LogP contribution in [-0.2, 0) is 11.2 Å². The van der Waals surface area contributed by atoms with E-state index in [2.05, 4.69) is 56.7 Å². The SMILES string of the molecule is CCNC(=O)[C@@]1(Cc2ccc(-c3ccccc3)cc2)CCCN(C(=O)c2nonc2N)C1. The van der Waals surface area contributed by atoms with Crippen molar-refractivity contribution in [3.05, 3.63) is 65.9 Å². The summed E-state index contributed by atoms with van der Waals surface area (Å²) >= 11 is 0. The Kier molecular flexibility index (Phi) is 6.20. The van der Waals surface area contributed by atoms with Gasteiger partial charge in [-0.15, -0.1) is 0 Å². The number of nitrogens with two attached hydrogens (primary N) is 1. The van der Waals surface area contributed by atoms with E-state index in [0.717, 1.165) is 16.7 Å². The van der Waals surface area contributed by atoms with Crippen LogP contribution in [0.25, 0.3) is 11.1 Å². The zero-order valence-electron chi connectivity index (χ0n) is 18.1. The normalized spacial score (nSPS) is 18.3. The number of nitrogens with one attached hydrogen (secondary N) is 1. The lowest BCUT2D eigenvalue weighted by Gasteiger charge is -2.41. The smallest absolute Gasteiger partial charge is 0.280 e. The molecular weight excluding hydrogens is 406 g/mol. The predicted molar refractivity (Wildman–Crippen MR) is 121 cm³/mol. The van der Waals surface area contributed by atoms with Crippen LogP contribution >= 0.6 is 0 Å². The van der Waals surface area contributed by atoms with Crippen molar-refractivity contribution >= 4 is 17.6 Å². The van der Waals surface area contributed by atoms with E-state index < -0.39 is 5.41 Å². The Morgan fingerprint density at radius 1 is 1.09 bits per heavy atom. The summed E-state index contributed by atoms with van der Waals surface area (Å²) < 4.78 is 4.59. The highest BCUT2D eigenvalue weighted by molar-refractivity contribution is 5.96. The molecule has 166 valence electrons. The summed E-state index contributed by atoms with van der Waals surface area (Å²) in [7, 11) is 0. The average Bonchev–Trinajstić information content (AvgIpc) is 3.26. The molecule has 0 radical (unpaired) electrons. The summed E-state index contributed by atoms with van der Waals surface area (Å²) in [5.74, 6) is -0.451. The number of hydrogen-bond donors (Lipinski definition) is 2. The van der Waals surface area contributed by atoms with Gasteiger partial charge in [0.05, 0.1) is 5.41 Å². The first kappa shape index (κ1) is 21.5. The molecule has 0 spiro atoms. The van der Waals surface area contributed by atoms with Crippen molar-refractivity contribution in [2.75, 3.05) is 25.4 Å². The highest BCUT2D eigenvalue weighted by Gasteiger charge is 2.44. The monoisotopic (exact) mass is 433 g/mol. The molecule has 3 aromatic rings. The van der Waals surface area contributed by atoms with Crippen LogP contribution in [0.3, 0.4) is 0 Å². The van der Waals surface area contributed by atoms with Crippen LogP contribution in [0.15, 0.2) is 59.2 Å². The van der Waals surface area contributed by atoms with Crippen LogP contribution in [0.2, 0.25) is 0 Å². The van der Waals surface area contributed by atoms with Gasteiger partial charge in [0.2, 0.25) is 17.4 Å². The van der Waals surface area contributed by atoms with Gasteiger partial charge in [-0.2, -0.15) is 0 Å². The minimum absolute atomic E-state index is 0.0103. The highest BCUT2D eigenvalue weighted by Crippen LogP contribution is 2.35. The van der Waals surface area contributed by atoms with Crippen LogP contribution in [0.1, 0.15) is 35.8 Å². The molecule has 0 saturated carbocycles. The largest absolute Gasteiger partial charge is 0.379 e. The fourth-order valence-corrected chi connectivity index (χ4v) is 4.39. The van der Waals surface area contributed by atoms with E-state index in [1.165, 1.54) is 0 Å². The van der Waals surface area contributed by atoms with Crippen LogP contribution < -0.4 is 11.1 Å². The van der Waals surface area contributed by atoms with Crippen LogP contribution in [0.4, 0.5) is 5.82 Å². The number of amides is 2. The van der Waals surface area contributed by atoms with Gasteiger partial charge in [0, 0.05) is 19.6 Å². The maximum Gasteiger partial charge on any atom is 0.280 e. The van der Waals surface area contributed by atoms with Crippen molar-refractivity contribution in [3.8, 4) is 11.1 Å².